The third-order valence-electron chi connectivity index (χ3n) is 5.58. The van der Waals surface area contributed by atoms with Crippen molar-refractivity contribution >= 4 is 5.95 Å². The molecule has 0 aliphatic heterocycles. The van der Waals surface area contributed by atoms with Crippen LogP contribution in [0, 0.1) is 30.6 Å². The van der Waals surface area contributed by atoms with E-state index in [4.69, 9.17) is 5.73 Å². The van der Waals surface area contributed by atoms with Crippen molar-refractivity contribution in [2.45, 2.75) is 45.1 Å². The maximum Gasteiger partial charge on any atom is 0.255 e. The molecule has 4 nitrogen and oxygen atoms in total. The van der Waals surface area contributed by atoms with Gasteiger partial charge >= 0.3 is 0 Å². The molecule has 0 aromatic carbocycles. The first-order valence-corrected chi connectivity index (χ1v) is 7.47. The molecule has 2 N–H and O–H groups in total. The minimum Gasteiger partial charge on any atom is -0.369 e. The van der Waals surface area contributed by atoms with Crippen molar-refractivity contribution in [2.75, 3.05) is 5.73 Å². The molecule has 0 saturated heterocycles. The third kappa shape index (κ3) is 1.65. The molecule has 1 aromatic rings. The van der Waals surface area contributed by atoms with Crippen LogP contribution >= 0.6 is 0 Å². The monoisotopic (exact) mass is 259 g/mol. The lowest BCUT2D eigenvalue weighted by Crippen LogP contribution is -2.48. The zero-order valence-electron chi connectivity index (χ0n) is 11.4. The van der Waals surface area contributed by atoms with Gasteiger partial charge in [0, 0.05) is 17.8 Å². The highest BCUT2D eigenvalue weighted by Crippen LogP contribution is 2.58. The topological polar surface area (TPSA) is 60.9 Å². The first-order valence-electron chi connectivity index (χ1n) is 7.47. The van der Waals surface area contributed by atoms with Crippen LogP contribution in [0.25, 0.3) is 0 Å². The molecule has 0 amide bonds. The number of aromatic nitrogens is 2. The molecule has 1 aromatic heterocycles. The molecule has 0 radical (unpaired) electrons. The van der Waals surface area contributed by atoms with Gasteiger partial charge in [-0.3, -0.25) is 9.36 Å². The number of nitrogens with zero attached hydrogens (tertiary/aromatic N) is 2. The smallest absolute Gasteiger partial charge is 0.255 e. The van der Waals surface area contributed by atoms with Crippen LogP contribution in [0.1, 0.15) is 43.8 Å². The molecule has 4 bridgehead atoms. The second-order valence-corrected chi connectivity index (χ2v) is 6.89. The Morgan fingerprint density at radius 1 is 1.16 bits per heavy atom. The second-order valence-electron chi connectivity index (χ2n) is 6.89. The van der Waals surface area contributed by atoms with Crippen molar-refractivity contribution in [2.24, 2.45) is 23.7 Å². The van der Waals surface area contributed by atoms with Gasteiger partial charge in [-0.15, -0.1) is 0 Å². The zero-order valence-corrected chi connectivity index (χ0v) is 11.4. The molecule has 4 aliphatic rings. The SMILES string of the molecule is Cc1cc(=O)n(C2C3CC4CC(C3)CC2C4)c(N)n1. The average molecular weight is 259 g/mol. The molecule has 4 fully saturated rings. The summed E-state index contributed by atoms with van der Waals surface area (Å²) in [6.45, 7) is 1.83. The normalized spacial score (nSPS) is 39.7. The summed E-state index contributed by atoms with van der Waals surface area (Å²) in [6.07, 6.45) is 6.58. The number of rotatable bonds is 1. The highest BCUT2D eigenvalue weighted by molar-refractivity contribution is 5.22. The Morgan fingerprint density at radius 2 is 1.74 bits per heavy atom. The van der Waals surface area contributed by atoms with Crippen LogP contribution in [0.4, 0.5) is 5.95 Å². The first-order chi connectivity index (χ1) is 9.11. The summed E-state index contributed by atoms with van der Waals surface area (Å²) < 4.78 is 1.81. The molecular formula is C15H21N3O. The molecular weight excluding hydrogens is 238 g/mol. The van der Waals surface area contributed by atoms with E-state index in [1.165, 1.54) is 32.1 Å². The largest absolute Gasteiger partial charge is 0.369 e. The van der Waals surface area contributed by atoms with Crippen molar-refractivity contribution in [3.63, 3.8) is 0 Å². The van der Waals surface area contributed by atoms with Gasteiger partial charge in [-0.1, -0.05) is 0 Å². The van der Waals surface area contributed by atoms with Crippen LogP contribution in [0.15, 0.2) is 10.9 Å². The fraction of sp³-hybridized carbons (Fsp3) is 0.733. The van der Waals surface area contributed by atoms with Crippen molar-refractivity contribution in [1.29, 1.82) is 0 Å². The Hall–Kier alpha value is -1.32. The summed E-state index contributed by atoms with van der Waals surface area (Å²) in [6, 6.07) is 1.94. The fourth-order valence-electron chi connectivity index (χ4n) is 5.25. The molecule has 0 unspecified atom stereocenters. The van der Waals surface area contributed by atoms with Crippen molar-refractivity contribution in [1.82, 2.24) is 9.55 Å². The number of nitrogens with two attached hydrogens (primary N) is 1. The van der Waals surface area contributed by atoms with Crippen LogP contribution < -0.4 is 11.3 Å². The maximum absolute atomic E-state index is 12.3. The van der Waals surface area contributed by atoms with Gasteiger partial charge in [0.1, 0.15) is 0 Å². The van der Waals surface area contributed by atoms with Crippen molar-refractivity contribution < 1.29 is 0 Å². The predicted molar refractivity (Wildman–Crippen MR) is 73.7 cm³/mol. The zero-order chi connectivity index (χ0) is 13.1. The van der Waals surface area contributed by atoms with Crippen LogP contribution in [0.3, 0.4) is 0 Å². The van der Waals surface area contributed by atoms with Gasteiger partial charge in [0.05, 0.1) is 0 Å². The summed E-state index contributed by atoms with van der Waals surface area (Å²) in [4.78, 5) is 16.6. The number of aryl methyl sites for hydroxylation is 1. The van der Waals surface area contributed by atoms with E-state index < -0.39 is 0 Å². The van der Waals surface area contributed by atoms with Gasteiger partial charge in [-0.05, 0) is 62.7 Å². The van der Waals surface area contributed by atoms with Gasteiger partial charge < -0.3 is 5.73 Å². The van der Waals surface area contributed by atoms with Crippen LogP contribution in [-0.2, 0) is 0 Å². The number of nitrogen functional groups attached to an aromatic ring is 1. The molecule has 1 heterocycles. The molecule has 4 heteroatoms. The van der Waals surface area contributed by atoms with Crippen molar-refractivity contribution in [3.05, 3.63) is 22.1 Å². The molecule has 19 heavy (non-hydrogen) atoms. The summed E-state index contributed by atoms with van der Waals surface area (Å²) in [5.74, 6) is 3.55. The van der Waals surface area contributed by atoms with E-state index in [0.717, 1.165) is 17.5 Å². The minimum atomic E-state index is 0.0440. The Balaban J connectivity index is 1.79. The Kier molecular flexibility index (Phi) is 2.32. The van der Waals surface area contributed by atoms with E-state index >= 15 is 0 Å². The molecule has 4 aliphatic carbocycles. The van der Waals surface area contributed by atoms with Crippen LogP contribution in [-0.4, -0.2) is 9.55 Å². The van der Waals surface area contributed by atoms with E-state index in [2.05, 4.69) is 4.98 Å². The van der Waals surface area contributed by atoms with Crippen LogP contribution in [0.2, 0.25) is 0 Å². The third-order valence-corrected chi connectivity index (χ3v) is 5.58. The lowest BCUT2D eigenvalue weighted by molar-refractivity contribution is -0.0298. The molecule has 4 saturated carbocycles. The lowest BCUT2D eigenvalue weighted by atomic mass is 9.54. The maximum atomic E-state index is 12.3. The van der Waals surface area contributed by atoms with Crippen LogP contribution in [0.5, 0.6) is 0 Å². The molecule has 102 valence electrons. The van der Waals surface area contributed by atoms with E-state index in [1.807, 2.05) is 6.92 Å². The van der Waals surface area contributed by atoms with E-state index in [0.29, 0.717) is 23.8 Å². The van der Waals surface area contributed by atoms with E-state index in [9.17, 15) is 4.79 Å². The molecule has 0 atom stereocenters. The van der Waals surface area contributed by atoms with Gasteiger partial charge in [-0.2, -0.15) is 0 Å². The molecule has 0 spiro atoms. The summed E-state index contributed by atoms with van der Waals surface area (Å²) in [5.41, 5.74) is 6.82. The highest BCUT2D eigenvalue weighted by atomic mass is 16.1. The van der Waals surface area contributed by atoms with Crippen molar-refractivity contribution in [3.8, 4) is 0 Å². The summed E-state index contributed by atoms with van der Waals surface area (Å²) >= 11 is 0. The average Bonchev–Trinajstić information content (AvgIpc) is 2.30. The fourth-order valence-corrected chi connectivity index (χ4v) is 5.25. The summed E-state index contributed by atoms with van der Waals surface area (Å²) in [7, 11) is 0. The van der Waals surface area contributed by atoms with Gasteiger partial charge in [-0.25, -0.2) is 4.98 Å². The Bertz CT molecular complexity index is 549. The second kappa shape index (κ2) is 3.84. The minimum absolute atomic E-state index is 0.0440. The number of hydrogen-bond donors (Lipinski definition) is 1. The first kappa shape index (κ1) is 11.5. The Morgan fingerprint density at radius 3 is 2.26 bits per heavy atom. The van der Waals surface area contributed by atoms with E-state index in [-0.39, 0.29) is 5.56 Å². The quantitative estimate of drug-likeness (QED) is 0.840. The standard InChI is InChI=1S/C15H21N3O/c1-8-2-13(19)18(15(16)17-8)14-11-4-9-3-10(6-11)7-12(14)5-9/h2,9-12,14H,3-7H2,1H3,(H2,16,17). The lowest BCUT2D eigenvalue weighted by Gasteiger charge is -2.54. The summed E-state index contributed by atoms with van der Waals surface area (Å²) in [5, 5.41) is 0. The molecule has 5 rings (SSSR count). The van der Waals surface area contributed by atoms with Gasteiger partial charge in [0.25, 0.3) is 5.56 Å². The van der Waals surface area contributed by atoms with Gasteiger partial charge in [0.2, 0.25) is 5.95 Å². The predicted octanol–water partition coefficient (Wildman–Crippen LogP) is 2.13. The Labute approximate surface area is 113 Å². The number of hydrogen-bond acceptors (Lipinski definition) is 3. The highest BCUT2D eigenvalue weighted by Gasteiger charge is 2.49. The van der Waals surface area contributed by atoms with E-state index in [1.54, 1.807) is 10.6 Å². The van der Waals surface area contributed by atoms with Gasteiger partial charge in [0.15, 0.2) is 0 Å². The number of anilines is 1.